The number of guanidine groups is 1. The predicted octanol–water partition coefficient (Wildman–Crippen LogP) is 2.18. The molecule has 1 N–H and O–H groups in total. The van der Waals surface area contributed by atoms with E-state index in [1.807, 2.05) is 36.3 Å². The van der Waals surface area contributed by atoms with Gasteiger partial charge in [-0.15, -0.1) is 24.0 Å². The van der Waals surface area contributed by atoms with Crippen molar-refractivity contribution in [3.63, 3.8) is 0 Å². The van der Waals surface area contributed by atoms with Gasteiger partial charge in [-0.3, -0.25) is 4.99 Å². The van der Waals surface area contributed by atoms with Gasteiger partial charge in [0.05, 0.1) is 12.0 Å². The minimum absolute atomic E-state index is 0. The molecule has 1 fully saturated rings. The molecule has 152 valence electrons. The van der Waals surface area contributed by atoms with Gasteiger partial charge in [0.2, 0.25) is 5.95 Å². The largest absolute Gasteiger partial charge is 0.352 e. The van der Waals surface area contributed by atoms with Crippen molar-refractivity contribution in [1.29, 1.82) is 0 Å². The number of aliphatic imine (C=N–C) groups is 1. The highest BCUT2D eigenvalue weighted by molar-refractivity contribution is 14.0. The predicted molar refractivity (Wildman–Crippen MR) is 125 cm³/mol. The molecule has 0 aliphatic carbocycles. The third kappa shape index (κ3) is 5.03. The minimum Gasteiger partial charge on any atom is -0.352 e. The van der Waals surface area contributed by atoms with E-state index in [1.54, 1.807) is 18.6 Å². The van der Waals surface area contributed by atoms with Crippen molar-refractivity contribution in [3.05, 3.63) is 67.0 Å². The quantitative estimate of drug-likeness (QED) is 0.334. The van der Waals surface area contributed by atoms with Crippen LogP contribution < -0.4 is 10.2 Å². The van der Waals surface area contributed by atoms with E-state index in [-0.39, 0.29) is 24.0 Å². The molecular formula is C20H25IN8. The molecule has 0 bridgehead atoms. The van der Waals surface area contributed by atoms with E-state index in [0.29, 0.717) is 6.54 Å². The normalized spacial score (nSPS) is 14.4. The van der Waals surface area contributed by atoms with Crippen LogP contribution in [0.3, 0.4) is 0 Å². The van der Waals surface area contributed by atoms with E-state index >= 15 is 0 Å². The first-order valence-corrected chi connectivity index (χ1v) is 9.39. The molecule has 0 atom stereocenters. The highest BCUT2D eigenvalue weighted by Crippen LogP contribution is 2.14. The van der Waals surface area contributed by atoms with E-state index in [1.165, 1.54) is 5.56 Å². The number of halogens is 1. The maximum absolute atomic E-state index is 4.48. The molecule has 1 aliphatic heterocycles. The average Bonchev–Trinajstić information content (AvgIpc) is 3.30. The van der Waals surface area contributed by atoms with Crippen molar-refractivity contribution in [2.75, 3.05) is 38.1 Å². The summed E-state index contributed by atoms with van der Waals surface area (Å²) in [6, 6.07) is 10.2. The molecule has 29 heavy (non-hydrogen) atoms. The average molecular weight is 504 g/mol. The number of imidazole rings is 1. The molecule has 3 aromatic rings. The van der Waals surface area contributed by atoms with E-state index in [4.69, 9.17) is 0 Å². The second-order valence-corrected chi connectivity index (χ2v) is 6.52. The standard InChI is InChI=1S/C20H24N8.HI/c1-21-19(26-11-13-27(14-12-26)20-23-7-4-8-24-20)25-15-17-5-2-3-6-18(17)28-10-9-22-16-28;/h2-10,16H,11-15H2,1H3,(H,21,25);1H. The summed E-state index contributed by atoms with van der Waals surface area (Å²) >= 11 is 0. The zero-order valence-electron chi connectivity index (χ0n) is 16.3. The van der Waals surface area contributed by atoms with Gasteiger partial charge in [-0.2, -0.15) is 0 Å². The number of hydrogen-bond acceptors (Lipinski definition) is 5. The fraction of sp³-hybridized carbons (Fsp3) is 0.300. The third-order valence-electron chi connectivity index (χ3n) is 4.84. The zero-order valence-corrected chi connectivity index (χ0v) is 18.7. The zero-order chi connectivity index (χ0) is 19.2. The van der Waals surface area contributed by atoms with Crippen molar-refractivity contribution < 1.29 is 0 Å². The highest BCUT2D eigenvalue weighted by Gasteiger charge is 2.21. The van der Waals surface area contributed by atoms with Gasteiger partial charge in [0.25, 0.3) is 0 Å². The number of rotatable bonds is 4. The number of anilines is 1. The Morgan fingerprint density at radius 3 is 2.48 bits per heavy atom. The Kier molecular flexibility index (Phi) is 7.39. The lowest BCUT2D eigenvalue weighted by atomic mass is 10.1. The van der Waals surface area contributed by atoms with Crippen LogP contribution in [0.4, 0.5) is 5.95 Å². The van der Waals surface area contributed by atoms with Crippen LogP contribution in [0.15, 0.2) is 66.4 Å². The summed E-state index contributed by atoms with van der Waals surface area (Å²) in [5.41, 5.74) is 2.31. The second-order valence-electron chi connectivity index (χ2n) is 6.52. The lowest BCUT2D eigenvalue weighted by Crippen LogP contribution is -2.52. The fourth-order valence-electron chi connectivity index (χ4n) is 3.39. The molecule has 0 unspecified atom stereocenters. The van der Waals surface area contributed by atoms with Crippen molar-refractivity contribution in [2.24, 2.45) is 4.99 Å². The summed E-state index contributed by atoms with van der Waals surface area (Å²) in [5.74, 6) is 1.70. The van der Waals surface area contributed by atoms with Gasteiger partial charge >= 0.3 is 0 Å². The van der Waals surface area contributed by atoms with Crippen molar-refractivity contribution in [1.82, 2.24) is 29.7 Å². The van der Waals surface area contributed by atoms with E-state index < -0.39 is 0 Å². The molecule has 8 nitrogen and oxygen atoms in total. The van der Waals surface area contributed by atoms with Crippen LogP contribution in [-0.2, 0) is 6.54 Å². The molecular weight excluding hydrogens is 479 g/mol. The molecule has 0 amide bonds. The van der Waals surface area contributed by atoms with Gasteiger partial charge in [0.15, 0.2) is 5.96 Å². The molecule has 2 aromatic heterocycles. The monoisotopic (exact) mass is 504 g/mol. The van der Waals surface area contributed by atoms with Gasteiger partial charge in [0, 0.05) is 64.6 Å². The topological polar surface area (TPSA) is 74.5 Å². The lowest BCUT2D eigenvalue weighted by Gasteiger charge is -2.36. The van der Waals surface area contributed by atoms with Gasteiger partial charge in [0.1, 0.15) is 0 Å². The number of benzene rings is 1. The maximum atomic E-state index is 4.48. The van der Waals surface area contributed by atoms with Gasteiger partial charge in [-0.05, 0) is 17.7 Å². The molecule has 0 spiro atoms. The first-order chi connectivity index (χ1) is 13.8. The maximum Gasteiger partial charge on any atom is 0.225 e. The summed E-state index contributed by atoms with van der Waals surface area (Å²) in [7, 11) is 1.83. The summed E-state index contributed by atoms with van der Waals surface area (Å²) in [6.07, 6.45) is 9.13. The molecule has 1 saturated heterocycles. The van der Waals surface area contributed by atoms with E-state index in [0.717, 1.165) is 43.8 Å². The number of nitrogens with one attached hydrogen (secondary N) is 1. The van der Waals surface area contributed by atoms with Crippen LogP contribution in [0.5, 0.6) is 0 Å². The number of aromatic nitrogens is 4. The van der Waals surface area contributed by atoms with Gasteiger partial charge < -0.3 is 19.7 Å². The van der Waals surface area contributed by atoms with Crippen molar-refractivity contribution >= 4 is 35.9 Å². The number of para-hydroxylation sites is 1. The SMILES string of the molecule is CN=C(NCc1ccccc1-n1ccnc1)N1CCN(c2ncccn2)CC1.I. The molecule has 0 radical (unpaired) electrons. The van der Waals surface area contributed by atoms with Crippen LogP contribution in [0.25, 0.3) is 5.69 Å². The van der Waals surface area contributed by atoms with Crippen LogP contribution in [-0.4, -0.2) is 63.6 Å². The number of hydrogen-bond donors (Lipinski definition) is 1. The Bertz CT molecular complexity index is 905. The third-order valence-corrected chi connectivity index (χ3v) is 4.84. The fourth-order valence-corrected chi connectivity index (χ4v) is 3.39. The van der Waals surface area contributed by atoms with Crippen LogP contribution in [0, 0.1) is 0 Å². The summed E-state index contributed by atoms with van der Waals surface area (Å²) in [6.45, 7) is 4.19. The molecule has 1 aliphatic rings. The van der Waals surface area contributed by atoms with Crippen LogP contribution in [0.1, 0.15) is 5.56 Å². The summed E-state index contributed by atoms with van der Waals surface area (Å²) in [5, 5.41) is 3.50. The Morgan fingerprint density at radius 2 is 1.79 bits per heavy atom. The second kappa shape index (κ2) is 10.2. The highest BCUT2D eigenvalue weighted by atomic mass is 127. The first-order valence-electron chi connectivity index (χ1n) is 9.39. The Labute approximate surface area is 187 Å². The number of piperazine rings is 1. The van der Waals surface area contributed by atoms with Crippen molar-refractivity contribution in [3.8, 4) is 5.69 Å². The molecule has 4 rings (SSSR count). The molecule has 9 heteroatoms. The van der Waals surface area contributed by atoms with Crippen LogP contribution in [0.2, 0.25) is 0 Å². The minimum atomic E-state index is 0. The smallest absolute Gasteiger partial charge is 0.225 e. The Morgan fingerprint density at radius 1 is 1.03 bits per heavy atom. The molecule has 1 aromatic carbocycles. The molecule has 3 heterocycles. The van der Waals surface area contributed by atoms with Crippen LogP contribution >= 0.6 is 24.0 Å². The number of nitrogens with zero attached hydrogens (tertiary/aromatic N) is 7. The first kappa shape index (κ1) is 21.0. The molecule has 0 saturated carbocycles. The van der Waals surface area contributed by atoms with Crippen molar-refractivity contribution in [2.45, 2.75) is 6.54 Å². The van der Waals surface area contributed by atoms with Gasteiger partial charge in [-0.25, -0.2) is 15.0 Å². The summed E-state index contributed by atoms with van der Waals surface area (Å²) in [4.78, 5) is 21.8. The Hall–Kier alpha value is -2.69. The summed E-state index contributed by atoms with van der Waals surface area (Å²) < 4.78 is 2.03. The van der Waals surface area contributed by atoms with Gasteiger partial charge in [-0.1, -0.05) is 18.2 Å². The van der Waals surface area contributed by atoms with E-state index in [9.17, 15) is 0 Å². The van der Waals surface area contributed by atoms with E-state index in [2.05, 4.69) is 53.3 Å². The lowest BCUT2D eigenvalue weighted by molar-refractivity contribution is 0.370. The Balaban J connectivity index is 0.00000240.